The van der Waals surface area contributed by atoms with Gasteiger partial charge >= 0.3 is 7.82 Å². The highest BCUT2D eigenvalue weighted by Gasteiger charge is 2.28. The number of aliphatic hydroxyl groups is 1. The van der Waals surface area contributed by atoms with Crippen molar-refractivity contribution in [2.45, 2.75) is 167 Å². The van der Waals surface area contributed by atoms with Crippen LogP contribution in [-0.2, 0) is 18.4 Å². The standard InChI is InChI=1S/C33H69N2O6P/c1-6-8-9-10-11-12-13-14-15-16-17-18-19-20-21-22-23-24-25-26-27-32(36)31(34-33(37)7-2)30-41-42(38,39)40-29-28-35(3,4)5/h31-32,36H,6-30H2,1-5H3,(H-,34,37,38,39)/p+1. The van der Waals surface area contributed by atoms with Crippen molar-refractivity contribution in [2.24, 2.45) is 0 Å². The van der Waals surface area contributed by atoms with Crippen LogP contribution >= 0.6 is 7.82 Å². The van der Waals surface area contributed by atoms with Gasteiger partial charge in [-0.2, -0.15) is 0 Å². The van der Waals surface area contributed by atoms with Crippen LogP contribution in [0.5, 0.6) is 0 Å². The molecule has 9 heteroatoms. The SMILES string of the molecule is CCCCCCCCCCCCCCCCCCCCCCC(O)C(COP(=O)(O)OCC[N+](C)(C)C)NC(=O)CC. The lowest BCUT2D eigenvalue weighted by molar-refractivity contribution is -0.870. The van der Waals surface area contributed by atoms with Crippen molar-refractivity contribution >= 4 is 13.7 Å². The summed E-state index contributed by atoms with van der Waals surface area (Å²) in [7, 11) is 1.61. The summed E-state index contributed by atoms with van der Waals surface area (Å²) >= 11 is 0. The fourth-order valence-electron chi connectivity index (χ4n) is 5.01. The van der Waals surface area contributed by atoms with E-state index in [1.54, 1.807) is 6.92 Å². The van der Waals surface area contributed by atoms with Crippen LogP contribution in [0.4, 0.5) is 0 Å². The first-order chi connectivity index (χ1) is 20.0. The summed E-state index contributed by atoms with van der Waals surface area (Å²) < 4.78 is 23.0. The normalized spacial score (nSPS) is 14.9. The van der Waals surface area contributed by atoms with Gasteiger partial charge in [-0.1, -0.05) is 142 Å². The van der Waals surface area contributed by atoms with Crippen LogP contribution in [0.3, 0.4) is 0 Å². The van der Waals surface area contributed by atoms with Gasteiger partial charge in [0.05, 0.1) is 39.9 Å². The summed E-state index contributed by atoms with van der Waals surface area (Å²) in [4.78, 5) is 21.9. The molecule has 3 unspecified atom stereocenters. The number of hydrogen-bond acceptors (Lipinski definition) is 5. The van der Waals surface area contributed by atoms with Crippen molar-refractivity contribution in [3.63, 3.8) is 0 Å². The molecular weight excluding hydrogens is 551 g/mol. The van der Waals surface area contributed by atoms with E-state index in [1.807, 2.05) is 21.1 Å². The zero-order valence-electron chi connectivity index (χ0n) is 28.3. The molecule has 1 amide bonds. The molecule has 3 atom stereocenters. The van der Waals surface area contributed by atoms with Gasteiger partial charge in [-0.05, 0) is 6.42 Å². The van der Waals surface area contributed by atoms with Crippen LogP contribution < -0.4 is 5.32 Å². The van der Waals surface area contributed by atoms with Crippen molar-refractivity contribution in [3.05, 3.63) is 0 Å². The molecule has 0 spiro atoms. The van der Waals surface area contributed by atoms with Crippen molar-refractivity contribution in [2.75, 3.05) is 40.9 Å². The van der Waals surface area contributed by atoms with Gasteiger partial charge in [-0.15, -0.1) is 0 Å². The zero-order chi connectivity index (χ0) is 31.5. The number of phosphoric ester groups is 1. The third-order valence-electron chi connectivity index (χ3n) is 7.92. The minimum Gasteiger partial charge on any atom is -0.391 e. The first kappa shape index (κ1) is 41.5. The van der Waals surface area contributed by atoms with E-state index in [-0.39, 0.29) is 25.5 Å². The molecule has 0 radical (unpaired) electrons. The molecule has 0 aliphatic rings. The second-order valence-electron chi connectivity index (χ2n) is 13.2. The number of hydrogen-bond donors (Lipinski definition) is 3. The molecule has 3 N–H and O–H groups in total. The lowest BCUT2D eigenvalue weighted by Crippen LogP contribution is -2.46. The maximum Gasteiger partial charge on any atom is 0.472 e. The molecule has 252 valence electrons. The van der Waals surface area contributed by atoms with Gasteiger partial charge in [0, 0.05) is 6.42 Å². The summed E-state index contributed by atoms with van der Waals surface area (Å²) in [6, 6.07) is -0.750. The van der Waals surface area contributed by atoms with E-state index < -0.39 is 20.0 Å². The van der Waals surface area contributed by atoms with E-state index in [4.69, 9.17) is 9.05 Å². The molecule has 0 aromatic rings. The van der Waals surface area contributed by atoms with Crippen LogP contribution in [0, 0.1) is 0 Å². The average Bonchev–Trinajstić information content (AvgIpc) is 2.93. The molecule has 42 heavy (non-hydrogen) atoms. The predicted octanol–water partition coefficient (Wildman–Crippen LogP) is 8.29. The first-order valence-corrected chi connectivity index (χ1v) is 18.9. The van der Waals surface area contributed by atoms with E-state index in [0.29, 0.717) is 17.4 Å². The lowest BCUT2D eigenvalue weighted by Gasteiger charge is -2.26. The topological polar surface area (TPSA) is 105 Å². The lowest BCUT2D eigenvalue weighted by atomic mass is 10.0. The Balaban J connectivity index is 3.85. The van der Waals surface area contributed by atoms with Gasteiger partial charge in [0.2, 0.25) is 5.91 Å². The minimum absolute atomic E-state index is 0.0746. The highest BCUT2D eigenvalue weighted by Crippen LogP contribution is 2.43. The summed E-state index contributed by atoms with van der Waals surface area (Å²) in [5.74, 6) is -0.232. The molecule has 0 saturated heterocycles. The Labute approximate surface area is 259 Å². The molecule has 0 rings (SSSR count). The van der Waals surface area contributed by atoms with Crippen molar-refractivity contribution in [1.29, 1.82) is 0 Å². The highest BCUT2D eigenvalue weighted by atomic mass is 31.2. The Bertz CT molecular complexity index is 673. The highest BCUT2D eigenvalue weighted by molar-refractivity contribution is 7.47. The number of quaternary nitrogens is 1. The molecule has 0 saturated carbocycles. The number of carbonyl (C=O) groups is 1. The maximum absolute atomic E-state index is 12.2. The quantitative estimate of drug-likeness (QED) is 0.0409. The number of phosphoric acid groups is 1. The Morgan fingerprint density at radius 1 is 0.714 bits per heavy atom. The number of nitrogens with one attached hydrogen (secondary N) is 1. The molecule has 0 aromatic heterocycles. The van der Waals surface area contributed by atoms with Gasteiger partial charge in [0.15, 0.2) is 0 Å². The number of nitrogens with zero attached hydrogens (tertiary/aromatic N) is 1. The Hall–Kier alpha value is -0.500. The van der Waals surface area contributed by atoms with Crippen molar-refractivity contribution in [1.82, 2.24) is 5.32 Å². The number of unbranched alkanes of at least 4 members (excludes halogenated alkanes) is 19. The van der Waals surface area contributed by atoms with Gasteiger partial charge in [-0.3, -0.25) is 13.8 Å². The maximum atomic E-state index is 12.2. The molecular formula is C33H70N2O6P+. The van der Waals surface area contributed by atoms with Crippen LogP contribution in [0.1, 0.15) is 155 Å². The minimum atomic E-state index is -4.26. The molecule has 0 aliphatic carbocycles. The number of carbonyl (C=O) groups excluding carboxylic acids is 1. The van der Waals surface area contributed by atoms with E-state index in [2.05, 4.69) is 12.2 Å². The summed E-state index contributed by atoms with van der Waals surface area (Å²) in [6.45, 7) is 4.35. The molecule has 0 bridgehead atoms. The van der Waals surface area contributed by atoms with E-state index in [1.165, 1.54) is 109 Å². The van der Waals surface area contributed by atoms with Gasteiger partial charge in [0.1, 0.15) is 13.2 Å². The predicted molar refractivity (Wildman–Crippen MR) is 175 cm³/mol. The largest absolute Gasteiger partial charge is 0.472 e. The monoisotopic (exact) mass is 621 g/mol. The van der Waals surface area contributed by atoms with Crippen LogP contribution in [0.25, 0.3) is 0 Å². The Morgan fingerprint density at radius 3 is 1.50 bits per heavy atom. The molecule has 8 nitrogen and oxygen atoms in total. The third-order valence-corrected chi connectivity index (χ3v) is 8.90. The van der Waals surface area contributed by atoms with Crippen LogP contribution in [-0.4, -0.2) is 73.4 Å². The molecule has 0 aliphatic heterocycles. The van der Waals surface area contributed by atoms with E-state index in [9.17, 15) is 19.4 Å². The number of aliphatic hydroxyl groups excluding tert-OH is 1. The zero-order valence-corrected chi connectivity index (χ0v) is 29.1. The van der Waals surface area contributed by atoms with Crippen molar-refractivity contribution in [3.8, 4) is 0 Å². The third kappa shape index (κ3) is 28.3. The Kier molecular flexibility index (Phi) is 26.5. The Morgan fingerprint density at radius 2 is 1.12 bits per heavy atom. The van der Waals surface area contributed by atoms with E-state index >= 15 is 0 Å². The average molecular weight is 622 g/mol. The molecule has 0 fully saturated rings. The summed E-state index contributed by atoms with van der Waals surface area (Å²) in [5, 5.41) is 13.4. The van der Waals surface area contributed by atoms with E-state index in [0.717, 1.165) is 19.3 Å². The van der Waals surface area contributed by atoms with Crippen LogP contribution in [0.15, 0.2) is 0 Å². The summed E-state index contributed by atoms with van der Waals surface area (Å²) in [6.07, 6.45) is 26.3. The number of amides is 1. The number of rotatable bonds is 31. The fraction of sp³-hybridized carbons (Fsp3) is 0.970. The summed E-state index contributed by atoms with van der Waals surface area (Å²) in [5.41, 5.74) is 0. The second kappa shape index (κ2) is 26.9. The second-order valence-corrected chi connectivity index (χ2v) is 14.7. The fourth-order valence-corrected chi connectivity index (χ4v) is 5.75. The molecule has 0 heterocycles. The van der Waals surface area contributed by atoms with Crippen LogP contribution in [0.2, 0.25) is 0 Å². The smallest absolute Gasteiger partial charge is 0.391 e. The number of likely N-dealkylation sites (N-methyl/N-ethyl adjacent to an activating group) is 1. The van der Waals surface area contributed by atoms with Gasteiger partial charge in [-0.25, -0.2) is 4.57 Å². The molecule has 0 aromatic carbocycles. The van der Waals surface area contributed by atoms with Crippen molar-refractivity contribution < 1.29 is 32.9 Å². The first-order valence-electron chi connectivity index (χ1n) is 17.4. The van der Waals surface area contributed by atoms with Gasteiger partial charge in [0.25, 0.3) is 0 Å². The van der Waals surface area contributed by atoms with Gasteiger partial charge < -0.3 is 19.8 Å².